The zero-order valence-corrected chi connectivity index (χ0v) is 12.2. The Bertz CT molecular complexity index is 513. The van der Waals surface area contributed by atoms with E-state index < -0.39 is 23.8 Å². The van der Waals surface area contributed by atoms with Crippen LogP contribution in [-0.4, -0.2) is 24.2 Å². The number of aromatic nitrogens is 1. The van der Waals surface area contributed by atoms with Crippen molar-refractivity contribution in [2.45, 2.75) is 25.2 Å². The van der Waals surface area contributed by atoms with Crippen LogP contribution in [0.25, 0.3) is 0 Å². The third-order valence-electron chi connectivity index (χ3n) is 3.35. The molecule has 1 aromatic heterocycles. The van der Waals surface area contributed by atoms with Gasteiger partial charge in [-0.2, -0.15) is 26.3 Å². The molecule has 21 heavy (non-hydrogen) atoms. The van der Waals surface area contributed by atoms with Gasteiger partial charge in [0.1, 0.15) is 5.82 Å². The maximum Gasteiger partial charge on any atom is 0.417 e. The Labute approximate surface area is 125 Å². The summed E-state index contributed by atoms with van der Waals surface area (Å²) in [6, 6.07) is 0.781. The molecule has 0 amide bonds. The Hall–Kier alpha value is -0.990. The van der Waals surface area contributed by atoms with Crippen LogP contribution < -0.4 is 4.90 Å². The SMILES string of the molecule is FC(F)(F)c1cc(N2CCCC(C(F)(F)F)C2)ncc1Br. The molecule has 0 radical (unpaired) electrons. The van der Waals surface area contributed by atoms with Crippen molar-refractivity contribution >= 4 is 21.7 Å². The first-order valence-corrected chi connectivity index (χ1v) is 6.92. The van der Waals surface area contributed by atoms with Crippen LogP contribution in [0.3, 0.4) is 0 Å². The highest BCUT2D eigenvalue weighted by molar-refractivity contribution is 9.10. The van der Waals surface area contributed by atoms with E-state index in [1.807, 2.05) is 0 Å². The lowest BCUT2D eigenvalue weighted by atomic mass is 9.97. The molecule has 2 rings (SSSR count). The van der Waals surface area contributed by atoms with Gasteiger partial charge in [-0.25, -0.2) is 4.98 Å². The van der Waals surface area contributed by atoms with Crippen LogP contribution in [0.5, 0.6) is 0 Å². The van der Waals surface area contributed by atoms with E-state index >= 15 is 0 Å². The molecule has 1 atom stereocenters. The Morgan fingerprint density at radius 1 is 1.19 bits per heavy atom. The summed E-state index contributed by atoms with van der Waals surface area (Å²) in [6.07, 6.45) is -7.71. The Kier molecular flexibility index (Phi) is 4.41. The molecule has 1 aliphatic heterocycles. The van der Waals surface area contributed by atoms with E-state index in [0.717, 1.165) is 12.3 Å². The molecule has 1 saturated heterocycles. The fraction of sp³-hybridized carbons (Fsp3) is 0.583. The summed E-state index contributed by atoms with van der Waals surface area (Å²) in [7, 11) is 0. The Morgan fingerprint density at radius 3 is 2.43 bits per heavy atom. The molecule has 2 nitrogen and oxygen atoms in total. The minimum Gasteiger partial charge on any atom is -0.356 e. The van der Waals surface area contributed by atoms with E-state index in [1.54, 1.807) is 0 Å². The van der Waals surface area contributed by atoms with Crippen molar-refractivity contribution in [2.24, 2.45) is 5.92 Å². The van der Waals surface area contributed by atoms with Crippen molar-refractivity contribution < 1.29 is 26.3 Å². The number of alkyl halides is 6. The first-order valence-electron chi connectivity index (χ1n) is 6.13. The van der Waals surface area contributed by atoms with E-state index in [2.05, 4.69) is 20.9 Å². The highest BCUT2D eigenvalue weighted by Gasteiger charge is 2.42. The quantitative estimate of drug-likeness (QED) is 0.663. The molecule has 1 aliphatic rings. The Morgan fingerprint density at radius 2 is 1.86 bits per heavy atom. The van der Waals surface area contributed by atoms with Gasteiger partial charge in [0.15, 0.2) is 0 Å². The number of rotatable bonds is 1. The summed E-state index contributed by atoms with van der Waals surface area (Å²) < 4.78 is 76.4. The second kappa shape index (κ2) is 5.66. The molecule has 2 heterocycles. The number of piperidine rings is 1. The van der Waals surface area contributed by atoms with Gasteiger partial charge in [0.25, 0.3) is 0 Å². The van der Waals surface area contributed by atoms with E-state index in [1.165, 1.54) is 4.90 Å². The van der Waals surface area contributed by atoms with Crippen LogP contribution in [0.4, 0.5) is 32.2 Å². The van der Waals surface area contributed by atoms with Crippen LogP contribution in [0.15, 0.2) is 16.7 Å². The fourth-order valence-electron chi connectivity index (χ4n) is 2.27. The molecular formula is C12H11BrF6N2. The first kappa shape index (κ1) is 16.4. The van der Waals surface area contributed by atoms with Gasteiger partial charge in [-0.15, -0.1) is 0 Å². The number of nitrogens with zero attached hydrogens (tertiary/aromatic N) is 2. The highest BCUT2D eigenvalue weighted by atomic mass is 79.9. The van der Waals surface area contributed by atoms with Gasteiger partial charge in [0.05, 0.1) is 11.5 Å². The van der Waals surface area contributed by atoms with Gasteiger partial charge in [-0.05, 0) is 34.8 Å². The van der Waals surface area contributed by atoms with E-state index in [-0.39, 0.29) is 36.2 Å². The molecule has 1 aromatic rings. The number of halogens is 7. The number of anilines is 1. The lowest BCUT2D eigenvalue weighted by Gasteiger charge is -2.34. The molecule has 0 saturated carbocycles. The zero-order chi connectivity index (χ0) is 15.8. The summed E-state index contributed by atoms with van der Waals surface area (Å²) >= 11 is 2.75. The molecule has 0 bridgehead atoms. The summed E-state index contributed by atoms with van der Waals surface area (Å²) in [6.45, 7) is -0.103. The van der Waals surface area contributed by atoms with Gasteiger partial charge >= 0.3 is 12.4 Å². The Balaban J connectivity index is 2.26. The van der Waals surface area contributed by atoms with Crippen molar-refractivity contribution in [1.82, 2.24) is 4.98 Å². The summed E-state index contributed by atoms with van der Waals surface area (Å²) in [5.41, 5.74) is -0.943. The molecule has 118 valence electrons. The summed E-state index contributed by atoms with van der Waals surface area (Å²) in [5, 5.41) is 0. The van der Waals surface area contributed by atoms with Crippen molar-refractivity contribution in [3.05, 3.63) is 22.3 Å². The smallest absolute Gasteiger partial charge is 0.356 e. The molecule has 0 aromatic carbocycles. The van der Waals surface area contributed by atoms with Crippen molar-refractivity contribution in [3.63, 3.8) is 0 Å². The number of pyridine rings is 1. The maximum atomic E-state index is 12.8. The van der Waals surface area contributed by atoms with Crippen LogP contribution in [-0.2, 0) is 6.18 Å². The molecule has 0 N–H and O–H groups in total. The third kappa shape index (κ3) is 3.81. The van der Waals surface area contributed by atoms with Crippen LogP contribution in [0, 0.1) is 5.92 Å². The van der Waals surface area contributed by atoms with Gasteiger partial charge in [0.2, 0.25) is 0 Å². The molecule has 9 heteroatoms. The van der Waals surface area contributed by atoms with Crippen LogP contribution in [0.2, 0.25) is 0 Å². The van der Waals surface area contributed by atoms with Gasteiger partial charge in [0, 0.05) is 23.8 Å². The van der Waals surface area contributed by atoms with Gasteiger partial charge in [-0.1, -0.05) is 0 Å². The molecule has 0 spiro atoms. The summed E-state index contributed by atoms with van der Waals surface area (Å²) in [5.74, 6) is -1.62. The van der Waals surface area contributed by atoms with Crippen LogP contribution in [0.1, 0.15) is 18.4 Å². The first-order chi connectivity index (χ1) is 9.59. The zero-order valence-electron chi connectivity index (χ0n) is 10.6. The van der Waals surface area contributed by atoms with Gasteiger partial charge in [-0.3, -0.25) is 0 Å². The van der Waals surface area contributed by atoms with E-state index in [9.17, 15) is 26.3 Å². The maximum absolute atomic E-state index is 12.8. The molecule has 1 fully saturated rings. The topological polar surface area (TPSA) is 16.1 Å². The monoisotopic (exact) mass is 376 g/mol. The largest absolute Gasteiger partial charge is 0.417 e. The number of hydrogen-bond donors (Lipinski definition) is 0. The average molecular weight is 377 g/mol. The van der Waals surface area contributed by atoms with Crippen molar-refractivity contribution in [2.75, 3.05) is 18.0 Å². The molecule has 1 unspecified atom stereocenters. The predicted molar refractivity (Wildman–Crippen MR) is 67.9 cm³/mol. The lowest BCUT2D eigenvalue weighted by molar-refractivity contribution is -0.176. The normalized spacial score (nSPS) is 20.7. The van der Waals surface area contributed by atoms with E-state index in [0.29, 0.717) is 0 Å². The van der Waals surface area contributed by atoms with Gasteiger partial charge < -0.3 is 4.90 Å². The van der Waals surface area contributed by atoms with Crippen molar-refractivity contribution in [1.29, 1.82) is 0 Å². The number of hydrogen-bond acceptors (Lipinski definition) is 2. The summed E-state index contributed by atoms with van der Waals surface area (Å²) in [4.78, 5) is 5.06. The molecule has 0 aliphatic carbocycles. The minimum atomic E-state index is -4.59. The standard InChI is InChI=1S/C12H11BrF6N2/c13-9-5-20-10(4-8(9)12(17,18)19)21-3-1-2-7(6-21)11(14,15)16/h4-5,7H,1-3,6H2. The fourth-order valence-corrected chi connectivity index (χ4v) is 2.71. The predicted octanol–water partition coefficient (Wildman–Crippen LogP) is 4.64. The second-order valence-electron chi connectivity index (χ2n) is 4.85. The second-order valence-corrected chi connectivity index (χ2v) is 5.70. The van der Waals surface area contributed by atoms with Crippen molar-refractivity contribution in [3.8, 4) is 0 Å². The van der Waals surface area contributed by atoms with E-state index in [4.69, 9.17) is 0 Å². The average Bonchev–Trinajstić information content (AvgIpc) is 2.37. The third-order valence-corrected chi connectivity index (χ3v) is 3.99. The lowest BCUT2D eigenvalue weighted by Crippen LogP contribution is -2.42. The molecular weight excluding hydrogens is 366 g/mol. The van der Waals surface area contributed by atoms with Crippen LogP contribution >= 0.6 is 15.9 Å². The highest BCUT2D eigenvalue weighted by Crippen LogP contribution is 2.38. The minimum absolute atomic E-state index is 0.0113.